The van der Waals surface area contributed by atoms with E-state index in [4.69, 9.17) is 9.84 Å². The van der Waals surface area contributed by atoms with Gasteiger partial charge in [0, 0.05) is 10.9 Å². The van der Waals surface area contributed by atoms with Gasteiger partial charge in [-0.1, -0.05) is 48.5 Å². The zero-order valence-corrected chi connectivity index (χ0v) is 16.9. The number of ether oxygens (including phenoxy) is 1. The Morgan fingerprint density at radius 3 is 2.29 bits per heavy atom. The van der Waals surface area contributed by atoms with Crippen LogP contribution in [-0.2, 0) is 9.59 Å². The highest BCUT2D eigenvalue weighted by Gasteiger charge is 2.16. The molecule has 3 aromatic carbocycles. The Balaban J connectivity index is 2.02. The van der Waals surface area contributed by atoms with E-state index < -0.39 is 24.3 Å². The molecule has 0 atom stereocenters. The summed E-state index contributed by atoms with van der Waals surface area (Å²) in [5.74, 6) is -1.66. The van der Waals surface area contributed by atoms with Crippen LogP contribution >= 0.6 is 0 Å². The first-order valence-electron chi connectivity index (χ1n) is 9.72. The van der Waals surface area contributed by atoms with Crippen molar-refractivity contribution in [2.24, 2.45) is 0 Å². The van der Waals surface area contributed by atoms with Crippen molar-refractivity contribution in [3.8, 4) is 5.75 Å². The fraction of sp³-hybridized carbons (Fsp3) is 0.125. The van der Waals surface area contributed by atoms with E-state index in [0.29, 0.717) is 23.5 Å². The standard InChI is InChI=1S/C24H22N2O5/c1-2-31-21-13-12-17(18-10-6-7-11-19(18)21)14-20(24(30)25-15-22(27)28)26-23(29)16-8-4-3-5-9-16/h3-14H,2,15H2,1H3,(H,25,30)(H,26,29)(H,27,28). The number of hydrogen-bond donors (Lipinski definition) is 3. The fourth-order valence-corrected chi connectivity index (χ4v) is 3.05. The Labute approximate surface area is 179 Å². The van der Waals surface area contributed by atoms with Gasteiger partial charge >= 0.3 is 5.97 Å². The van der Waals surface area contributed by atoms with Gasteiger partial charge in [-0.05, 0) is 42.1 Å². The van der Waals surface area contributed by atoms with Gasteiger partial charge in [-0.15, -0.1) is 0 Å². The monoisotopic (exact) mass is 418 g/mol. The molecule has 3 rings (SSSR count). The molecule has 31 heavy (non-hydrogen) atoms. The number of nitrogens with one attached hydrogen (secondary N) is 2. The minimum Gasteiger partial charge on any atom is -0.493 e. The first-order valence-corrected chi connectivity index (χ1v) is 9.72. The van der Waals surface area contributed by atoms with Crippen molar-refractivity contribution in [1.29, 1.82) is 0 Å². The van der Waals surface area contributed by atoms with Crippen LogP contribution in [0.4, 0.5) is 0 Å². The molecule has 7 nitrogen and oxygen atoms in total. The second-order valence-electron chi connectivity index (χ2n) is 6.59. The summed E-state index contributed by atoms with van der Waals surface area (Å²) >= 11 is 0. The lowest BCUT2D eigenvalue weighted by molar-refractivity contribution is -0.137. The number of carbonyl (C=O) groups is 3. The van der Waals surface area contributed by atoms with E-state index in [9.17, 15) is 14.4 Å². The van der Waals surface area contributed by atoms with Crippen LogP contribution in [0, 0.1) is 0 Å². The van der Waals surface area contributed by atoms with Crippen LogP contribution in [0.1, 0.15) is 22.8 Å². The molecule has 0 unspecified atom stereocenters. The molecule has 0 radical (unpaired) electrons. The summed E-state index contributed by atoms with van der Waals surface area (Å²) < 4.78 is 5.68. The van der Waals surface area contributed by atoms with Crippen molar-refractivity contribution in [3.05, 3.63) is 83.6 Å². The molecular weight excluding hydrogens is 396 g/mol. The molecule has 0 heterocycles. The van der Waals surface area contributed by atoms with Crippen LogP contribution < -0.4 is 15.4 Å². The molecule has 7 heteroatoms. The Morgan fingerprint density at radius 2 is 1.61 bits per heavy atom. The molecule has 0 aliphatic carbocycles. The molecule has 3 aromatic rings. The molecule has 0 saturated heterocycles. The summed E-state index contributed by atoms with van der Waals surface area (Å²) in [4.78, 5) is 36.1. The van der Waals surface area contributed by atoms with E-state index in [0.717, 1.165) is 10.8 Å². The van der Waals surface area contributed by atoms with E-state index in [1.54, 1.807) is 42.5 Å². The Bertz CT molecular complexity index is 1140. The predicted molar refractivity (Wildman–Crippen MR) is 118 cm³/mol. The van der Waals surface area contributed by atoms with Crippen LogP contribution in [0.15, 0.2) is 72.4 Å². The van der Waals surface area contributed by atoms with Crippen molar-refractivity contribution in [3.63, 3.8) is 0 Å². The number of hydrogen-bond acceptors (Lipinski definition) is 4. The molecule has 0 fully saturated rings. The summed E-state index contributed by atoms with van der Waals surface area (Å²) in [5.41, 5.74) is 0.980. The molecule has 0 aromatic heterocycles. The van der Waals surface area contributed by atoms with Gasteiger partial charge in [0.15, 0.2) is 0 Å². The molecule has 2 amide bonds. The summed E-state index contributed by atoms with van der Waals surface area (Å²) in [6.07, 6.45) is 1.52. The first kappa shape index (κ1) is 21.6. The number of carbonyl (C=O) groups excluding carboxylic acids is 2. The zero-order valence-electron chi connectivity index (χ0n) is 16.9. The van der Waals surface area contributed by atoms with Crippen molar-refractivity contribution in [2.45, 2.75) is 6.92 Å². The van der Waals surface area contributed by atoms with E-state index in [1.165, 1.54) is 6.08 Å². The molecule has 0 aliphatic rings. The van der Waals surface area contributed by atoms with Crippen molar-refractivity contribution in [2.75, 3.05) is 13.2 Å². The average molecular weight is 418 g/mol. The highest BCUT2D eigenvalue weighted by Crippen LogP contribution is 2.29. The largest absolute Gasteiger partial charge is 0.493 e. The molecule has 158 valence electrons. The number of benzene rings is 3. The van der Waals surface area contributed by atoms with E-state index >= 15 is 0 Å². The van der Waals surface area contributed by atoms with Crippen LogP contribution in [0.5, 0.6) is 5.75 Å². The minimum absolute atomic E-state index is 0.0654. The second-order valence-corrected chi connectivity index (χ2v) is 6.59. The maximum Gasteiger partial charge on any atom is 0.322 e. The minimum atomic E-state index is -1.19. The smallest absolute Gasteiger partial charge is 0.322 e. The maximum absolute atomic E-state index is 12.6. The van der Waals surface area contributed by atoms with Gasteiger partial charge < -0.3 is 20.5 Å². The predicted octanol–water partition coefficient (Wildman–Crippen LogP) is 3.21. The lowest BCUT2D eigenvalue weighted by atomic mass is 10.0. The van der Waals surface area contributed by atoms with Crippen LogP contribution in [0.2, 0.25) is 0 Å². The quantitative estimate of drug-likeness (QED) is 0.487. The van der Waals surface area contributed by atoms with Crippen LogP contribution in [-0.4, -0.2) is 36.0 Å². The normalized spacial score (nSPS) is 11.1. The maximum atomic E-state index is 12.6. The lowest BCUT2D eigenvalue weighted by Crippen LogP contribution is -2.37. The molecule has 0 aliphatic heterocycles. The topological polar surface area (TPSA) is 105 Å². The van der Waals surface area contributed by atoms with Crippen molar-refractivity contribution >= 4 is 34.6 Å². The summed E-state index contributed by atoms with van der Waals surface area (Å²) in [7, 11) is 0. The van der Waals surface area contributed by atoms with Gasteiger partial charge in [0.25, 0.3) is 11.8 Å². The van der Waals surface area contributed by atoms with Gasteiger partial charge in [0.1, 0.15) is 18.0 Å². The zero-order chi connectivity index (χ0) is 22.2. The number of carboxylic acid groups (broad SMARTS) is 1. The Kier molecular flexibility index (Phi) is 7.01. The highest BCUT2D eigenvalue weighted by molar-refractivity contribution is 6.07. The van der Waals surface area contributed by atoms with Gasteiger partial charge in [-0.3, -0.25) is 14.4 Å². The molecule has 0 bridgehead atoms. The van der Waals surface area contributed by atoms with Crippen molar-refractivity contribution < 1.29 is 24.2 Å². The number of carboxylic acids is 1. The third-order valence-electron chi connectivity index (χ3n) is 4.45. The van der Waals surface area contributed by atoms with Crippen LogP contribution in [0.25, 0.3) is 16.8 Å². The third kappa shape index (κ3) is 5.48. The second kappa shape index (κ2) is 10.1. The first-order chi connectivity index (χ1) is 15.0. The lowest BCUT2D eigenvalue weighted by Gasteiger charge is -2.13. The summed E-state index contributed by atoms with van der Waals surface area (Å²) in [6, 6.07) is 19.6. The molecule has 3 N–H and O–H groups in total. The molecule has 0 spiro atoms. The molecule has 0 saturated carbocycles. The number of rotatable bonds is 8. The van der Waals surface area contributed by atoms with Crippen LogP contribution in [0.3, 0.4) is 0 Å². The Hall–Kier alpha value is -4.13. The number of aliphatic carboxylic acids is 1. The van der Waals surface area contributed by atoms with Gasteiger partial charge in [-0.2, -0.15) is 0 Å². The van der Waals surface area contributed by atoms with Gasteiger partial charge in [-0.25, -0.2) is 0 Å². The fourth-order valence-electron chi connectivity index (χ4n) is 3.05. The highest BCUT2D eigenvalue weighted by atomic mass is 16.5. The van der Waals surface area contributed by atoms with E-state index in [1.807, 2.05) is 31.2 Å². The summed E-state index contributed by atoms with van der Waals surface area (Å²) in [6.45, 7) is 1.84. The average Bonchev–Trinajstić information content (AvgIpc) is 2.79. The van der Waals surface area contributed by atoms with E-state index in [-0.39, 0.29) is 5.70 Å². The third-order valence-corrected chi connectivity index (χ3v) is 4.45. The number of fused-ring (bicyclic) bond motifs is 1. The molecular formula is C24H22N2O5. The Morgan fingerprint density at radius 1 is 0.935 bits per heavy atom. The SMILES string of the molecule is CCOc1ccc(C=C(NC(=O)c2ccccc2)C(=O)NCC(=O)O)c2ccccc12. The van der Waals surface area contributed by atoms with Gasteiger partial charge in [0.2, 0.25) is 0 Å². The summed E-state index contributed by atoms with van der Waals surface area (Å²) in [5, 5.41) is 15.5. The van der Waals surface area contributed by atoms with Gasteiger partial charge in [0.05, 0.1) is 6.61 Å². The number of amides is 2. The van der Waals surface area contributed by atoms with Crippen molar-refractivity contribution in [1.82, 2.24) is 10.6 Å². The van der Waals surface area contributed by atoms with E-state index in [2.05, 4.69) is 10.6 Å².